The summed E-state index contributed by atoms with van der Waals surface area (Å²) in [4.78, 5) is 12.8. The minimum atomic E-state index is 0.0783. The molecule has 0 spiro atoms. The third-order valence-electron chi connectivity index (χ3n) is 2.34. The lowest BCUT2D eigenvalue weighted by Gasteiger charge is -2.07. The number of hydrogen-bond donors (Lipinski definition) is 2. The molecule has 0 bridgehead atoms. The topological polar surface area (TPSA) is 41.1 Å². The Balaban J connectivity index is 2.40. The van der Waals surface area contributed by atoms with Gasteiger partial charge in [-0.3, -0.25) is 4.79 Å². The molecule has 1 amide bonds. The quantitative estimate of drug-likeness (QED) is 0.588. The van der Waals surface area contributed by atoms with Crippen molar-refractivity contribution < 1.29 is 4.79 Å². The molecule has 3 nitrogen and oxygen atoms in total. The first kappa shape index (κ1) is 15.1. The van der Waals surface area contributed by atoms with Gasteiger partial charge >= 0.3 is 0 Å². The van der Waals surface area contributed by atoms with Crippen LogP contribution >= 0.6 is 11.8 Å². The lowest BCUT2D eigenvalue weighted by molar-refractivity contribution is -0.116. The first-order valence-electron chi connectivity index (χ1n) is 6.33. The summed E-state index contributed by atoms with van der Waals surface area (Å²) in [7, 11) is 1.89. The first-order chi connectivity index (χ1) is 8.61. The van der Waals surface area contributed by atoms with Gasteiger partial charge in [-0.05, 0) is 44.3 Å². The van der Waals surface area contributed by atoms with Gasteiger partial charge in [-0.1, -0.05) is 13.8 Å². The standard InChI is InChI=1S/C14H22N2OS/c1-11(2)18-13-8-6-12(7-9-13)16-14(17)5-4-10-15-3/h6-9,11,15H,4-5,10H2,1-3H3,(H,16,17). The minimum Gasteiger partial charge on any atom is -0.326 e. The Labute approximate surface area is 114 Å². The van der Waals surface area contributed by atoms with Crippen LogP contribution in [0.25, 0.3) is 0 Å². The fraction of sp³-hybridized carbons (Fsp3) is 0.500. The van der Waals surface area contributed by atoms with E-state index >= 15 is 0 Å². The predicted octanol–water partition coefficient (Wildman–Crippen LogP) is 3.13. The number of carbonyl (C=O) groups excluding carboxylic acids is 1. The van der Waals surface area contributed by atoms with Gasteiger partial charge in [0.25, 0.3) is 0 Å². The third kappa shape index (κ3) is 6.07. The Morgan fingerprint density at radius 3 is 2.50 bits per heavy atom. The van der Waals surface area contributed by atoms with Crippen molar-refractivity contribution in [3.63, 3.8) is 0 Å². The average Bonchev–Trinajstić information content (AvgIpc) is 2.31. The van der Waals surface area contributed by atoms with E-state index in [9.17, 15) is 4.79 Å². The van der Waals surface area contributed by atoms with Gasteiger partial charge in [-0.25, -0.2) is 0 Å². The fourth-order valence-electron chi connectivity index (χ4n) is 1.54. The lowest BCUT2D eigenvalue weighted by atomic mass is 10.2. The summed E-state index contributed by atoms with van der Waals surface area (Å²) in [6.07, 6.45) is 1.42. The van der Waals surface area contributed by atoms with Crippen molar-refractivity contribution in [2.24, 2.45) is 0 Å². The van der Waals surface area contributed by atoms with Crippen LogP contribution in [0.3, 0.4) is 0 Å². The van der Waals surface area contributed by atoms with Crippen molar-refractivity contribution in [3.05, 3.63) is 24.3 Å². The van der Waals surface area contributed by atoms with E-state index in [0.717, 1.165) is 18.7 Å². The summed E-state index contributed by atoms with van der Waals surface area (Å²) in [6.45, 7) is 5.21. The molecule has 2 N–H and O–H groups in total. The van der Waals surface area contributed by atoms with Crippen molar-refractivity contribution >= 4 is 23.4 Å². The number of benzene rings is 1. The molecule has 100 valence electrons. The smallest absolute Gasteiger partial charge is 0.224 e. The van der Waals surface area contributed by atoms with E-state index < -0.39 is 0 Å². The second-order valence-corrected chi connectivity index (χ2v) is 6.10. The number of nitrogens with one attached hydrogen (secondary N) is 2. The molecule has 18 heavy (non-hydrogen) atoms. The van der Waals surface area contributed by atoms with Crippen molar-refractivity contribution in [2.75, 3.05) is 18.9 Å². The molecular weight excluding hydrogens is 244 g/mol. The summed E-state index contributed by atoms with van der Waals surface area (Å²) in [5.74, 6) is 0.0783. The van der Waals surface area contributed by atoms with Gasteiger partial charge in [0.15, 0.2) is 0 Å². The molecule has 0 radical (unpaired) electrons. The molecule has 0 aliphatic heterocycles. The molecule has 1 aromatic rings. The van der Waals surface area contributed by atoms with Gasteiger partial charge in [-0.15, -0.1) is 11.8 Å². The molecule has 0 unspecified atom stereocenters. The van der Waals surface area contributed by atoms with E-state index in [0.29, 0.717) is 11.7 Å². The monoisotopic (exact) mass is 266 g/mol. The largest absolute Gasteiger partial charge is 0.326 e. The normalized spacial score (nSPS) is 10.7. The molecule has 0 atom stereocenters. The van der Waals surface area contributed by atoms with Gasteiger partial charge < -0.3 is 10.6 Å². The molecule has 0 fully saturated rings. The molecule has 0 aromatic heterocycles. The van der Waals surface area contributed by atoms with Gasteiger partial charge in [-0.2, -0.15) is 0 Å². The summed E-state index contributed by atoms with van der Waals surface area (Å²) in [5.41, 5.74) is 0.873. The minimum absolute atomic E-state index is 0.0783. The Kier molecular flexibility index (Phi) is 6.83. The van der Waals surface area contributed by atoms with E-state index in [1.165, 1.54) is 4.90 Å². The maximum absolute atomic E-state index is 11.6. The Bertz CT molecular complexity index is 363. The number of rotatable bonds is 7. The Hall–Kier alpha value is -1.00. The summed E-state index contributed by atoms with van der Waals surface area (Å²) < 4.78 is 0. The molecule has 1 aromatic carbocycles. The number of amides is 1. The van der Waals surface area contributed by atoms with E-state index in [-0.39, 0.29) is 5.91 Å². The summed E-state index contributed by atoms with van der Waals surface area (Å²) in [5, 5.41) is 6.51. The van der Waals surface area contributed by atoms with E-state index in [1.807, 2.05) is 43.1 Å². The van der Waals surface area contributed by atoms with E-state index in [4.69, 9.17) is 0 Å². The molecule has 4 heteroatoms. The zero-order chi connectivity index (χ0) is 13.4. The number of thioether (sulfide) groups is 1. The van der Waals surface area contributed by atoms with Crippen molar-refractivity contribution in [1.82, 2.24) is 5.32 Å². The van der Waals surface area contributed by atoms with Crippen LogP contribution in [-0.4, -0.2) is 24.7 Å². The van der Waals surface area contributed by atoms with Gasteiger partial charge in [0, 0.05) is 22.3 Å². The second kappa shape index (κ2) is 8.16. The van der Waals surface area contributed by atoms with Gasteiger partial charge in [0.1, 0.15) is 0 Å². The summed E-state index contributed by atoms with van der Waals surface area (Å²) >= 11 is 1.82. The Morgan fingerprint density at radius 1 is 1.28 bits per heavy atom. The van der Waals surface area contributed by atoms with Crippen LogP contribution in [0, 0.1) is 0 Å². The highest BCUT2D eigenvalue weighted by Crippen LogP contribution is 2.24. The Morgan fingerprint density at radius 2 is 1.94 bits per heavy atom. The average molecular weight is 266 g/mol. The van der Waals surface area contributed by atoms with Crippen molar-refractivity contribution in [2.45, 2.75) is 36.8 Å². The lowest BCUT2D eigenvalue weighted by Crippen LogP contribution is -2.15. The molecule has 0 saturated carbocycles. The highest BCUT2D eigenvalue weighted by Gasteiger charge is 2.02. The van der Waals surface area contributed by atoms with Gasteiger partial charge in [0.05, 0.1) is 0 Å². The molecule has 1 rings (SSSR count). The van der Waals surface area contributed by atoms with Crippen molar-refractivity contribution in [3.8, 4) is 0 Å². The molecule has 0 heterocycles. The van der Waals surface area contributed by atoms with Crippen LogP contribution in [0.5, 0.6) is 0 Å². The van der Waals surface area contributed by atoms with Crippen LogP contribution in [0.15, 0.2) is 29.2 Å². The number of hydrogen-bond acceptors (Lipinski definition) is 3. The van der Waals surface area contributed by atoms with Crippen LogP contribution in [0.1, 0.15) is 26.7 Å². The predicted molar refractivity (Wildman–Crippen MR) is 79.2 cm³/mol. The highest BCUT2D eigenvalue weighted by molar-refractivity contribution is 7.99. The van der Waals surface area contributed by atoms with Crippen LogP contribution in [0.2, 0.25) is 0 Å². The van der Waals surface area contributed by atoms with Crippen LogP contribution in [0.4, 0.5) is 5.69 Å². The maximum Gasteiger partial charge on any atom is 0.224 e. The van der Waals surface area contributed by atoms with E-state index in [2.05, 4.69) is 24.5 Å². The highest BCUT2D eigenvalue weighted by atomic mass is 32.2. The fourth-order valence-corrected chi connectivity index (χ4v) is 2.38. The molecule has 0 aliphatic rings. The first-order valence-corrected chi connectivity index (χ1v) is 7.21. The van der Waals surface area contributed by atoms with Crippen LogP contribution in [-0.2, 0) is 4.79 Å². The van der Waals surface area contributed by atoms with Crippen molar-refractivity contribution in [1.29, 1.82) is 0 Å². The second-order valence-electron chi connectivity index (χ2n) is 4.45. The van der Waals surface area contributed by atoms with Gasteiger partial charge in [0.2, 0.25) is 5.91 Å². The molecular formula is C14H22N2OS. The third-order valence-corrected chi connectivity index (χ3v) is 3.36. The summed E-state index contributed by atoms with van der Waals surface area (Å²) in [6, 6.07) is 8.02. The SMILES string of the molecule is CNCCCC(=O)Nc1ccc(SC(C)C)cc1. The van der Waals surface area contributed by atoms with E-state index in [1.54, 1.807) is 0 Å². The number of anilines is 1. The zero-order valence-electron chi connectivity index (χ0n) is 11.3. The number of carbonyl (C=O) groups is 1. The van der Waals surface area contributed by atoms with Crippen LogP contribution < -0.4 is 10.6 Å². The maximum atomic E-state index is 11.6. The molecule has 0 saturated heterocycles. The molecule has 0 aliphatic carbocycles. The zero-order valence-corrected chi connectivity index (χ0v) is 12.1.